The van der Waals surface area contributed by atoms with Gasteiger partial charge in [0.1, 0.15) is 0 Å². The maximum atomic E-state index is 12.3. The van der Waals surface area contributed by atoms with Crippen LogP contribution in [0, 0.1) is 5.41 Å². The standard InChI is InChI=1S/C17H23NO3/c1-16(2)12-17(21-15(16)19,14-6-4-3-5-7-14)13-18-8-10-20-11-9-18/h3-7H,8-13H2,1-2H3. The molecule has 114 valence electrons. The predicted molar refractivity (Wildman–Crippen MR) is 79.9 cm³/mol. The van der Waals surface area contributed by atoms with Crippen molar-refractivity contribution in [3.63, 3.8) is 0 Å². The van der Waals surface area contributed by atoms with Crippen molar-refractivity contribution in [2.45, 2.75) is 25.9 Å². The Hall–Kier alpha value is -1.39. The van der Waals surface area contributed by atoms with Crippen LogP contribution in [-0.4, -0.2) is 43.7 Å². The van der Waals surface area contributed by atoms with Crippen molar-refractivity contribution in [2.24, 2.45) is 5.41 Å². The summed E-state index contributed by atoms with van der Waals surface area (Å²) in [5, 5.41) is 0. The predicted octanol–water partition coefficient (Wildman–Crippen LogP) is 2.19. The Morgan fingerprint density at radius 1 is 1.14 bits per heavy atom. The monoisotopic (exact) mass is 289 g/mol. The van der Waals surface area contributed by atoms with Crippen LogP contribution in [0.25, 0.3) is 0 Å². The fraction of sp³-hybridized carbons (Fsp3) is 0.588. The van der Waals surface area contributed by atoms with Crippen molar-refractivity contribution < 1.29 is 14.3 Å². The van der Waals surface area contributed by atoms with Gasteiger partial charge in [-0.25, -0.2) is 0 Å². The highest BCUT2D eigenvalue weighted by atomic mass is 16.6. The summed E-state index contributed by atoms with van der Waals surface area (Å²) in [6, 6.07) is 10.1. The molecule has 1 unspecified atom stereocenters. The van der Waals surface area contributed by atoms with Gasteiger partial charge in [-0.1, -0.05) is 30.3 Å². The van der Waals surface area contributed by atoms with Crippen LogP contribution in [0.15, 0.2) is 30.3 Å². The van der Waals surface area contributed by atoms with E-state index in [1.54, 1.807) is 0 Å². The fourth-order valence-corrected chi connectivity index (χ4v) is 3.34. The second-order valence-electron chi connectivity index (χ2n) is 6.70. The van der Waals surface area contributed by atoms with E-state index in [-0.39, 0.29) is 5.97 Å². The van der Waals surface area contributed by atoms with Gasteiger partial charge in [0, 0.05) is 26.1 Å². The summed E-state index contributed by atoms with van der Waals surface area (Å²) in [6.07, 6.45) is 0.722. The molecule has 1 aromatic rings. The summed E-state index contributed by atoms with van der Waals surface area (Å²) < 4.78 is 11.3. The minimum Gasteiger partial charge on any atom is -0.452 e. The molecule has 0 spiro atoms. The van der Waals surface area contributed by atoms with Crippen LogP contribution < -0.4 is 0 Å². The maximum Gasteiger partial charge on any atom is 0.312 e. The third kappa shape index (κ3) is 2.83. The van der Waals surface area contributed by atoms with Crippen molar-refractivity contribution in [1.82, 2.24) is 4.90 Å². The van der Waals surface area contributed by atoms with Gasteiger partial charge in [0.05, 0.1) is 18.6 Å². The van der Waals surface area contributed by atoms with E-state index in [1.165, 1.54) is 0 Å². The van der Waals surface area contributed by atoms with Crippen molar-refractivity contribution >= 4 is 5.97 Å². The molecule has 2 aliphatic heterocycles. The van der Waals surface area contributed by atoms with E-state index < -0.39 is 11.0 Å². The van der Waals surface area contributed by atoms with E-state index >= 15 is 0 Å². The van der Waals surface area contributed by atoms with E-state index in [4.69, 9.17) is 9.47 Å². The minimum atomic E-state index is -0.529. The number of carbonyl (C=O) groups excluding carboxylic acids is 1. The van der Waals surface area contributed by atoms with Gasteiger partial charge in [0.15, 0.2) is 5.60 Å². The molecule has 0 saturated carbocycles. The molecule has 0 aliphatic carbocycles. The van der Waals surface area contributed by atoms with Crippen LogP contribution >= 0.6 is 0 Å². The van der Waals surface area contributed by atoms with E-state index in [9.17, 15) is 4.79 Å². The first-order valence-corrected chi connectivity index (χ1v) is 7.61. The Morgan fingerprint density at radius 2 is 1.81 bits per heavy atom. The van der Waals surface area contributed by atoms with Crippen molar-refractivity contribution in [2.75, 3.05) is 32.8 Å². The quantitative estimate of drug-likeness (QED) is 0.800. The minimum absolute atomic E-state index is 0.0976. The molecule has 2 heterocycles. The number of rotatable bonds is 3. The van der Waals surface area contributed by atoms with Crippen molar-refractivity contribution in [3.05, 3.63) is 35.9 Å². The molecule has 0 bridgehead atoms. The average Bonchev–Trinajstić information content (AvgIpc) is 2.71. The molecule has 0 aromatic heterocycles. The number of carbonyl (C=O) groups is 1. The lowest BCUT2D eigenvalue weighted by molar-refractivity contribution is -0.155. The van der Waals surface area contributed by atoms with E-state index in [2.05, 4.69) is 17.0 Å². The highest BCUT2D eigenvalue weighted by Gasteiger charge is 2.53. The molecule has 3 rings (SSSR count). The Labute approximate surface area is 126 Å². The van der Waals surface area contributed by atoms with Gasteiger partial charge >= 0.3 is 5.97 Å². The molecule has 1 aromatic carbocycles. The zero-order chi connectivity index (χ0) is 14.9. The van der Waals surface area contributed by atoms with Gasteiger partial charge < -0.3 is 9.47 Å². The summed E-state index contributed by atoms with van der Waals surface area (Å²) >= 11 is 0. The normalized spacial score (nSPS) is 29.3. The SMILES string of the molecule is CC1(C)CC(CN2CCOCC2)(c2ccccc2)OC1=O. The Kier molecular flexibility index (Phi) is 3.76. The van der Waals surface area contributed by atoms with Gasteiger partial charge in [-0.05, 0) is 19.4 Å². The van der Waals surface area contributed by atoms with Crippen LogP contribution in [-0.2, 0) is 19.9 Å². The number of benzene rings is 1. The smallest absolute Gasteiger partial charge is 0.312 e. The summed E-state index contributed by atoms with van der Waals surface area (Å²) in [6.45, 7) is 7.98. The Balaban J connectivity index is 1.90. The van der Waals surface area contributed by atoms with Crippen LogP contribution in [0.5, 0.6) is 0 Å². The molecule has 0 N–H and O–H groups in total. The van der Waals surface area contributed by atoms with Gasteiger partial charge in [0.2, 0.25) is 0 Å². The van der Waals surface area contributed by atoms with E-state index in [0.29, 0.717) is 0 Å². The topological polar surface area (TPSA) is 38.8 Å². The van der Waals surface area contributed by atoms with Gasteiger partial charge in [0.25, 0.3) is 0 Å². The number of ether oxygens (including phenoxy) is 2. The molecule has 4 nitrogen and oxygen atoms in total. The molecule has 2 aliphatic rings. The van der Waals surface area contributed by atoms with Crippen LogP contribution in [0.4, 0.5) is 0 Å². The lowest BCUT2D eigenvalue weighted by atomic mass is 9.80. The first-order chi connectivity index (χ1) is 10.0. The Bertz CT molecular complexity index is 508. The Morgan fingerprint density at radius 3 is 2.38 bits per heavy atom. The van der Waals surface area contributed by atoms with Crippen molar-refractivity contribution in [3.8, 4) is 0 Å². The highest BCUT2D eigenvalue weighted by molar-refractivity contribution is 5.79. The number of esters is 1. The lowest BCUT2D eigenvalue weighted by Gasteiger charge is -2.36. The molecule has 0 radical (unpaired) electrons. The first kappa shape index (κ1) is 14.5. The lowest BCUT2D eigenvalue weighted by Crippen LogP contribution is -2.46. The third-order valence-electron chi connectivity index (χ3n) is 4.45. The van der Waals surface area contributed by atoms with Crippen LogP contribution in [0.3, 0.4) is 0 Å². The van der Waals surface area contributed by atoms with Crippen molar-refractivity contribution in [1.29, 1.82) is 0 Å². The van der Waals surface area contributed by atoms with Gasteiger partial charge in [-0.2, -0.15) is 0 Å². The summed E-state index contributed by atoms with van der Waals surface area (Å²) in [5.41, 5.74) is 0.136. The van der Waals surface area contributed by atoms with Crippen LogP contribution in [0.1, 0.15) is 25.8 Å². The van der Waals surface area contributed by atoms with E-state index in [1.807, 2.05) is 32.0 Å². The first-order valence-electron chi connectivity index (χ1n) is 7.61. The molecule has 2 fully saturated rings. The molecule has 1 atom stereocenters. The summed E-state index contributed by atoms with van der Waals surface area (Å²) in [5.74, 6) is -0.0976. The maximum absolute atomic E-state index is 12.3. The summed E-state index contributed by atoms with van der Waals surface area (Å²) in [4.78, 5) is 14.6. The number of morpholine rings is 1. The number of hydrogen-bond acceptors (Lipinski definition) is 4. The zero-order valence-corrected chi connectivity index (χ0v) is 12.8. The highest BCUT2D eigenvalue weighted by Crippen LogP contribution is 2.46. The van der Waals surface area contributed by atoms with E-state index in [0.717, 1.165) is 44.8 Å². The molecule has 21 heavy (non-hydrogen) atoms. The zero-order valence-electron chi connectivity index (χ0n) is 12.8. The second-order valence-corrected chi connectivity index (χ2v) is 6.70. The fourth-order valence-electron chi connectivity index (χ4n) is 3.34. The van der Waals surface area contributed by atoms with Gasteiger partial charge in [-0.15, -0.1) is 0 Å². The molecule has 2 saturated heterocycles. The molecule has 4 heteroatoms. The molecular weight excluding hydrogens is 266 g/mol. The molecular formula is C17H23NO3. The average molecular weight is 289 g/mol. The third-order valence-corrected chi connectivity index (χ3v) is 4.45. The number of cyclic esters (lactones) is 1. The second kappa shape index (κ2) is 5.43. The molecule has 0 amide bonds. The van der Waals surface area contributed by atoms with Gasteiger partial charge in [-0.3, -0.25) is 9.69 Å². The number of hydrogen-bond donors (Lipinski definition) is 0. The largest absolute Gasteiger partial charge is 0.452 e. The number of nitrogens with zero attached hydrogens (tertiary/aromatic N) is 1. The van der Waals surface area contributed by atoms with Crippen LogP contribution in [0.2, 0.25) is 0 Å². The summed E-state index contributed by atoms with van der Waals surface area (Å²) in [7, 11) is 0.